The second-order valence-corrected chi connectivity index (χ2v) is 4.91. The van der Waals surface area contributed by atoms with E-state index in [0.717, 1.165) is 5.56 Å². The molecular formula is C15H21NO5. The minimum atomic E-state index is -1.09. The fraction of sp³-hybridized carbons (Fsp3) is 0.467. The van der Waals surface area contributed by atoms with Crippen LogP contribution in [0, 0.1) is 0 Å². The molecule has 0 aliphatic heterocycles. The number of hydrogen-bond acceptors (Lipinski definition) is 4. The molecule has 116 valence electrons. The van der Waals surface area contributed by atoms with Crippen LogP contribution in [0.3, 0.4) is 0 Å². The van der Waals surface area contributed by atoms with Crippen molar-refractivity contribution in [2.45, 2.75) is 38.3 Å². The number of aliphatic carboxylic acids is 1. The smallest absolute Gasteiger partial charge is 0.326 e. The van der Waals surface area contributed by atoms with Crippen LogP contribution in [0.4, 0.5) is 0 Å². The van der Waals surface area contributed by atoms with Gasteiger partial charge in [0, 0.05) is 20.0 Å². The molecule has 0 spiro atoms. The van der Waals surface area contributed by atoms with E-state index >= 15 is 0 Å². The Bertz CT molecular complexity index is 471. The minimum Gasteiger partial charge on any atom is -0.508 e. The van der Waals surface area contributed by atoms with Gasteiger partial charge in [-0.2, -0.15) is 0 Å². The van der Waals surface area contributed by atoms with Gasteiger partial charge in [-0.25, -0.2) is 4.79 Å². The molecule has 2 unspecified atom stereocenters. The third-order valence-corrected chi connectivity index (χ3v) is 3.19. The van der Waals surface area contributed by atoms with Crippen LogP contribution in [-0.2, 0) is 20.7 Å². The number of hydrogen-bond donors (Lipinski definition) is 3. The number of rotatable bonds is 8. The van der Waals surface area contributed by atoms with Gasteiger partial charge >= 0.3 is 5.97 Å². The molecule has 0 aliphatic carbocycles. The summed E-state index contributed by atoms with van der Waals surface area (Å²) in [6.07, 6.45) is 0.875. The number of ether oxygens (including phenoxy) is 1. The zero-order valence-electron chi connectivity index (χ0n) is 12.2. The predicted octanol–water partition coefficient (Wildman–Crippen LogP) is 1.32. The quantitative estimate of drug-likeness (QED) is 0.672. The van der Waals surface area contributed by atoms with Crippen LogP contribution in [0.5, 0.6) is 5.75 Å². The number of carbonyl (C=O) groups is 2. The molecule has 0 saturated heterocycles. The molecule has 0 saturated carbocycles. The van der Waals surface area contributed by atoms with Gasteiger partial charge in [0.2, 0.25) is 5.91 Å². The van der Waals surface area contributed by atoms with Gasteiger partial charge in [0.05, 0.1) is 6.10 Å². The van der Waals surface area contributed by atoms with Gasteiger partial charge in [-0.1, -0.05) is 12.1 Å². The third-order valence-electron chi connectivity index (χ3n) is 3.19. The summed E-state index contributed by atoms with van der Waals surface area (Å²) in [5, 5.41) is 20.9. The molecule has 0 aliphatic rings. The zero-order chi connectivity index (χ0) is 15.8. The Labute approximate surface area is 123 Å². The van der Waals surface area contributed by atoms with Gasteiger partial charge in [0.1, 0.15) is 11.8 Å². The van der Waals surface area contributed by atoms with Gasteiger partial charge in [-0.15, -0.1) is 0 Å². The molecular weight excluding hydrogens is 274 g/mol. The number of phenols is 1. The third kappa shape index (κ3) is 6.27. The molecule has 1 aromatic rings. The number of phenolic OH excluding ortho intramolecular Hbond substituents is 1. The molecule has 0 fully saturated rings. The van der Waals surface area contributed by atoms with Gasteiger partial charge in [0.25, 0.3) is 0 Å². The Hall–Kier alpha value is -2.08. The Kier molecular flexibility index (Phi) is 6.68. The van der Waals surface area contributed by atoms with Crippen LogP contribution in [0.25, 0.3) is 0 Å². The lowest BCUT2D eigenvalue weighted by molar-refractivity contribution is -0.141. The number of carboxylic acid groups (broad SMARTS) is 1. The average Bonchev–Trinajstić information content (AvgIpc) is 2.46. The minimum absolute atomic E-state index is 0.0453. The maximum Gasteiger partial charge on any atom is 0.326 e. The van der Waals surface area contributed by atoms with E-state index in [1.54, 1.807) is 19.2 Å². The van der Waals surface area contributed by atoms with E-state index in [2.05, 4.69) is 5.32 Å². The number of nitrogens with one attached hydrogen (secondary N) is 1. The monoisotopic (exact) mass is 295 g/mol. The van der Waals surface area contributed by atoms with Crippen molar-refractivity contribution in [2.24, 2.45) is 0 Å². The Balaban J connectivity index is 2.55. The highest BCUT2D eigenvalue weighted by atomic mass is 16.5. The van der Waals surface area contributed by atoms with Crippen LogP contribution in [0.1, 0.15) is 25.3 Å². The van der Waals surface area contributed by atoms with Crippen molar-refractivity contribution in [1.82, 2.24) is 5.32 Å². The first-order chi connectivity index (χ1) is 9.92. The van der Waals surface area contributed by atoms with Gasteiger partial charge in [-0.05, 0) is 31.0 Å². The summed E-state index contributed by atoms with van der Waals surface area (Å²) in [7, 11) is 1.56. The molecule has 1 rings (SSSR count). The number of aromatic hydroxyl groups is 1. The van der Waals surface area contributed by atoms with Gasteiger partial charge < -0.3 is 20.3 Å². The second kappa shape index (κ2) is 8.26. The van der Waals surface area contributed by atoms with Crippen molar-refractivity contribution in [3.8, 4) is 5.75 Å². The molecule has 0 bridgehead atoms. The maximum atomic E-state index is 11.8. The van der Waals surface area contributed by atoms with E-state index < -0.39 is 12.0 Å². The summed E-state index contributed by atoms with van der Waals surface area (Å²) >= 11 is 0. The largest absolute Gasteiger partial charge is 0.508 e. The van der Waals surface area contributed by atoms with E-state index in [-0.39, 0.29) is 30.6 Å². The summed E-state index contributed by atoms with van der Waals surface area (Å²) in [6.45, 7) is 1.85. The lowest BCUT2D eigenvalue weighted by Crippen LogP contribution is -2.42. The number of amides is 1. The summed E-state index contributed by atoms with van der Waals surface area (Å²) in [6, 6.07) is 5.24. The molecule has 1 aromatic carbocycles. The molecule has 21 heavy (non-hydrogen) atoms. The fourth-order valence-electron chi connectivity index (χ4n) is 1.79. The lowest BCUT2D eigenvalue weighted by atomic mass is 10.1. The average molecular weight is 295 g/mol. The summed E-state index contributed by atoms with van der Waals surface area (Å²) < 4.78 is 5.04. The molecule has 3 N–H and O–H groups in total. The highest BCUT2D eigenvalue weighted by Crippen LogP contribution is 2.11. The summed E-state index contributed by atoms with van der Waals surface area (Å²) in [5.41, 5.74) is 0.728. The van der Waals surface area contributed by atoms with Crippen LogP contribution in [0.15, 0.2) is 24.3 Å². The Morgan fingerprint density at radius 2 is 1.90 bits per heavy atom. The van der Waals surface area contributed by atoms with E-state index in [1.165, 1.54) is 12.1 Å². The van der Waals surface area contributed by atoms with Crippen molar-refractivity contribution < 1.29 is 24.5 Å². The fourth-order valence-corrected chi connectivity index (χ4v) is 1.79. The van der Waals surface area contributed by atoms with Crippen molar-refractivity contribution >= 4 is 11.9 Å². The zero-order valence-corrected chi connectivity index (χ0v) is 12.2. The van der Waals surface area contributed by atoms with Crippen molar-refractivity contribution in [3.63, 3.8) is 0 Å². The van der Waals surface area contributed by atoms with Crippen LogP contribution >= 0.6 is 0 Å². The van der Waals surface area contributed by atoms with E-state index in [9.17, 15) is 19.8 Å². The van der Waals surface area contributed by atoms with Crippen molar-refractivity contribution in [1.29, 1.82) is 0 Å². The first kappa shape index (κ1) is 17.0. The highest BCUT2D eigenvalue weighted by Gasteiger charge is 2.20. The first-order valence-corrected chi connectivity index (χ1v) is 6.75. The first-order valence-electron chi connectivity index (χ1n) is 6.75. The second-order valence-electron chi connectivity index (χ2n) is 4.91. The summed E-state index contributed by atoms with van der Waals surface area (Å²) in [4.78, 5) is 23.0. The molecule has 0 aromatic heterocycles. The van der Waals surface area contributed by atoms with E-state index in [0.29, 0.717) is 6.42 Å². The summed E-state index contributed by atoms with van der Waals surface area (Å²) in [5.74, 6) is -1.29. The normalized spacial score (nSPS) is 13.4. The molecule has 6 heteroatoms. The lowest BCUT2D eigenvalue weighted by Gasteiger charge is -2.15. The van der Waals surface area contributed by atoms with E-state index in [4.69, 9.17) is 4.74 Å². The molecule has 0 heterocycles. The number of carbonyl (C=O) groups excluding carboxylic acids is 1. The standard InChI is InChI=1S/C15H21NO5/c1-10(21-2)3-8-14(18)16-13(15(19)20)9-11-4-6-12(17)7-5-11/h4-7,10,13,17H,3,8-9H2,1-2H3,(H,16,18)(H,19,20). The van der Waals surface area contributed by atoms with Gasteiger partial charge in [-0.3, -0.25) is 4.79 Å². The topological polar surface area (TPSA) is 95.9 Å². The Morgan fingerprint density at radius 3 is 2.43 bits per heavy atom. The molecule has 1 amide bonds. The highest BCUT2D eigenvalue weighted by molar-refractivity contribution is 5.83. The Morgan fingerprint density at radius 1 is 1.29 bits per heavy atom. The van der Waals surface area contributed by atoms with Crippen molar-refractivity contribution in [3.05, 3.63) is 29.8 Å². The number of carboxylic acids is 1. The van der Waals surface area contributed by atoms with Crippen LogP contribution in [0.2, 0.25) is 0 Å². The maximum absolute atomic E-state index is 11.8. The van der Waals surface area contributed by atoms with Crippen LogP contribution in [-0.4, -0.2) is 41.3 Å². The van der Waals surface area contributed by atoms with E-state index in [1.807, 2.05) is 6.92 Å². The molecule has 0 radical (unpaired) electrons. The predicted molar refractivity (Wildman–Crippen MR) is 77.1 cm³/mol. The number of methoxy groups -OCH3 is 1. The molecule has 2 atom stereocenters. The van der Waals surface area contributed by atoms with Crippen molar-refractivity contribution in [2.75, 3.05) is 7.11 Å². The van der Waals surface area contributed by atoms with Crippen LogP contribution < -0.4 is 5.32 Å². The van der Waals surface area contributed by atoms with Gasteiger partial charge in [0.15, 0.2) is 0 Å². The number of benzene rings is 1. The SMILES string of the molecule is COC(C)CCC(=O)NC(Cc1ccc(O)cc1)C(=O)O. The molecule has 6 nitrogen and oxygen atoms in total.